The molecule has 0 radical (unpaired) electrons. The topological polar surface area (TPSA) is 15.3 Å². The van der Waals surface area contributed by atoms with Crippen molar-refractivity contribution in [3.05, 3.63) is 70.2 Å². The van der Waals surface area contributed by atoms with Crippen LogP contribution in [-0.2, 0) is 6.54 Å². The molecule has 130 valence electrons. The van der Waals surface area contributed by atoms with Gasteiger partial charge in [-0.3, -0.25) is 4.90 Å². The Bertz CT molecular complexity index is 564. The van der Waals surface area contributed by atoms with Crippen molar-refractivity contribution in [3.8, 4) is 0 Å². The summed E-state index contributed by atoms with van der Waals surface area (Å²) in [5, 5.41) is 4.90. The van der Waals surface area contributed by atoms with Crippen LogP contribution >= 0.6 is 23.2 Å². The third-order valence-electron chi connectivity index (χ3n) is 4.12. The number of nitrogens with zero attached hydrogens (tertiary/aromatic N) is 1. The molecule has 0 spiro atoms. The highest BCUT2D eigenvalue weighted by molar-refractivity contribution is 6.34. The molecule has 0 atom stereocenters. The molecule has 0 saturated carbocycles. The minimum atomic E-state index is 0.678. The molecule has 0 aliphatic carbocycles. The molecule has 0 amide bonds. The largest absolute Gasteiger partial charge is 0.314 e. The quantitative estimate of drug-likeness (QED) is 0.796. The number of hydrogen-bond acceptors (Lipinski definition) is 2. The molecule has 3 rings (SSSR count). The number of rotatable bonds is 4. The summed E-state index contributed by atoms with van der Waals surface area (Å²) in [6, 6.07) is 18.6. The van der Waals surface area contributed by atoms with E-state index in [1.807, 2.05) is 6.07 Å². The zero-order chi connectivity index (χ0) is 17.2. The first-order valence-corrected chi connectivity index (χ1v) is 9.33. The zero-order valence-electron chi connectivity index (χ0n) is 14.2. The van der Waals surface area contributed by atoms with Gasteiger partial charge in [-0.1, -0.05) is 66.5 Å². The molecule has 1 N–H and O–H groups in total. The van der Waals surface area contributed by atoms with Gasteiger partial charge in [0.15, 0.2) is 0 Å². The van der Waals surface area contributed by atoms with Crippen molar-refractivity contribution in [1.82, 2.24) is 10.2 Å². The van der Waals surface area contributed by atoms with E-state index < -0.39 is 0 Å². The van der Waals surface area contributed by atoms with Gasteiger partial charge in [0.2, 0.25) is 0 Å². The summed E-state index contributed by atoms with van der Waals surface area (Å²) >= 11 is 11.1. The van der Waals surface area contributed by atoms with E-state index in [4.69, 9.17) is 23.2 Å². The van der Waals surface area contributed by atoms with Gasteiger partial charge < -0.3 is 5.32 Å². The third-order valence-corrected chi connectivity index (χ3v) is 4.59. The number of nitrogens with one attached hydrogen (secondary N) is 1. The highest BCUT2D eigenvalue weighted by atomic mass is 35.5. The van der Waals surface area contributed by atoms with Gasteiger partial charge in [-0.05, 0) is 56.2 Å². The first-order chi connectivity index (χ1) is 11.7. The summed E-state index contributed by atoms with van der Waals surface area (Å²) in [7, 11) is 0. The summed E-state index contributed by atoms with van der Waals surface area (Å²) in [6.07, 6.45) is 2.58. The second-order valence-electron chi connectivity index (χ2n) is 6.03. The maximum atomic E-state index is 5.56. The van der Waals surface area contributed by atoms with E-state index in [-0.39, 0.29) is 0 Å². The van der Waals surface area contributed by atoms with Gasteiger partial charge in [-0.15, -0.1) is 0 Å². The molecule has 24 heavy (non-hydrogen) atoms. The molecule has 2 aromatic carbocycles. The van der Waals surface area contributed by atoms with Crippen LogP contribution in [0.4, 0.5) is 0 Å². The van der Waals surface area contributed by atoms with Crippen LogP contribution in [0.15, 0.2) is 54.6 Å². The van der Waals surface area contributed by atoms with Gasteiger partial charge in [-0.2, -0.15) is 0 Å². The smallest absolute Gasteiger partial charge is 0.0420 e. The van der Waals surface area contributed by atoms with E-state index in [9.17, 15) is 0 Å². The van der Waals surface area contributed by atoms with Gasteiger partial charge in [-0.25, -0.2) is 0 Å². The molecule has 0 aromatic heterocycles. The second kappa shape index (κ2) is 10.7. The Labute approximate surface area is 155 Å². The number of benzene rings is 2. The SMILES string of the molecule is CCNC1CCN(Cc2ccccc2)CC1.Clc1cccc(Cl)c1. The lowest BCUT2D eigenvalue weighted by Crippen LogP contribution is -2.42. The summed E-state index contributed by atoms with van der Waals surface area (Å²) in [6.45, 7) is 6.86. The van der Waals surface area contributed by atoms with Crippen molar-refractivity contribution in [2.45, 2.75) is 32.4 Å². The number of halogens is 2. The molecule has 1 aliphatic rings. The molecule has 2 aromatic rings. The Morgan fingerprint density at radius 2 is 1.58 bits per heavy atom. The molecule has 1 saturated heterocycles. The van der Waals surface area contributed by atoms with Crippen LogP contribution in [0, 0.1) is 0 Å². The molecular formula is C20H26Cl2N2. The first kappa shape index (κ1) is 19.3. The van der Waals surface area contributed by atoms with Gasteiger partial charge in [0, 0.05) is 22.6 Å². The van der Waals surface area contributed by atoms with E-state index in [0.717, 1.165) is 19.1 Å². The lowest BCUT2D eigenvalue weighted by atomic mass is 10.0. The Morgan fingerprint density at radius 3 is 2.08 bits per heavy atom. The predicted octanol–water partition coefficient (Wildman–Crippen LogP) is 5.25. The van der Waals surface area contributed by atoms with E-state index >= 15 is 0 Å². The minimum Gasteiger partial charge on any atom is -0.314 e. The maximum Gasteiger partial charge on any atom is 0.0420 e. The highest BCUT2D eigenvalue weighted by Crippen LogP contribution is 2.14. The fraction of sp³-hybridized carbons (Fsp3) is 0.400. The van der Waals surface area contributed by atoms with E-state index in [1.165, 1.54) is 31.5 Å². The molecule has 1 heterocycles. The van der Waals surface area contributed by atoms with Crippen LogP contribution in [0.25, 0.3) is 0 Å². The monoisotopic (exact) mass is 364 g/mol. The fourth-order valence-electron chi connectivity index (χ4n) is 2.89. The molecule has 2 nitrogen and oxygen atoms in total. The van der Waals surface area contributed by atoms with Crippen molar-refractivity contribution < 1.29 is 0 Å². The predicted molar refractivity (Wildman–Crippen MR) is 105 cm³/mol. The lowest BCUT2D eigenvalue weighted by Gasteiger charge is -2.32. The van der Waals surface area contributed by atoms with Crippen LogP contribution in [-0.4, -0.2) is 30.6 Å². The van der Waals surface area contributed by atoms with Crippen LogP contribution < -0.4 is 5.32 Å². The van der Waals surface area contributed by atoms with Crippen molar-refractivity contribution >= 4 is 23.2 Å². The molecular weight excluding hydrogens is 339 g/mol. The van der Waals surface area contributed by atoms with Gasteiger partial charge >= 0.3 is 0 Å². The molecule has 4 heteroatoms. The highest BCUT2D eigenvalue weighted by Gasteiger charge is 2.17. The van der Waals surface area contributed by atoms with E-state index in [2.05, 4.69) is 47.5 Å². The number of hydrogen-bond donors (Lipinski definition) is 1. The first-order valence-electron chi connectivity index (χ1n) is 8.58. The second-order valence-corrected chi connectivity index (χ2v) is 6.91. The standard InChI is InChI=1S/C14H22N2.C6H4Cl2/c1-2-15-14-8-10-16(11-9-14)12-13-6-4-3-5-7-13;7-5-2-1-3-6(8)4-5/h3-7,14-15H,2,8-12H2,1H3;1-4H. The van der Waals surface area contributed by atoms with Crippen LogP contribution in [0.3, 0.4) is 0 Å². The fourth-order valence-corrected chi connectivity index (χ4v) is 3.32. The summed E-state index contributed by atoms with van der Waals surface area (Å²) in [4.78, 5) is 2.56. The number of piperidine rings is 1. The minimum absolute atomic E-state index is 0.678. The summed E-state index contributed by atoms with van der Waals surface area (Å²) in [5.74, 6) is 0. The maximum absolute atomic E-state index is 5.56. The van der Waals surface area contributed by atoms with E-state index in [1.54, 1.807) is 18.2 Å². The number of likely N-dealkylation sites (tertiary alicyclic amines) is 1. The average Bonchev–Trinajstić information content (AvgIpc) is 2.58. The molecule has 1 aliphatic heterocycles. The zero-order valence-corrected chi connectivity index (χ0v) is 15.7. The summed E-state index contributed by atoms with van der Waals surface area (Å²) < 4.78 is 0. The van der Waals surface area contributed by atoms with Crippen LogP contribution in [0.5, 0.6) is 0 Å². The third kappa shape index (κ3) is 7.23. The van der Waals surface area contributed by atoms with Crippen LogP contribution in [0.2, 0.25) is 10.0 Å². The Balaban J connectivity index is 0.000000219. The van der Waals surface area contributed by atoms with Crippen molar-refractivity contribution in [2.24, 2.45) is 0 Å². The van der Waals surface area contributed by atoms with Crippen molar-refractivity contribution in [3.63, 3.8) is 0 Å². The van der Waals surface area contributed by atoms with Crippen LogP contribution in [0.1, 0.15) is 25.3 Å². The molecule has 0 unspecified atom stereocenters. The average molecular weight is 365 g/mol. The molecule has 1 fully saturated rings. The molecule has 0 bridgehead atoms. The van der Waals surface area contributed by atoms with Gasteiger partial charge in [0.1, 0.15) is 0 Å². The summed E-state index contributed by atoms with van der Waals surface area (Å²) in [5.41, 5.74) is 1.43. The van der Waals surface area contributed by atoms with E-state index in [0.29, 0.717) is 10.0 Å². The Morgan fingerprint density at radius 1 is 0.958 bits per heavy atom. The van der Waals surface area contributed by atoms with Gasteiger partial charge in [0.05, 0.1) is 0 Å². The normalized spacial score (nSPS) is 15.6. The Kier molecular flexibility index (Phi) is 8.62. The van der Waals surface area contributed by atoms with Gasteiger partial charge in [0.25, 0.3) is 0 Å². The lowest BCUT2D eigenvalue weighted by molar-refractivity contribution is 0.192. The Hall–Kier alpha value is -1.06. The van der Waals surface area contributed by atoms with Crippen molar-refractivity contribution in [1.29, 1.82) is 0 Å². The van der Waals surface area contributed by atoms with Crippen molar-refractivity contribution in [2.75, 3.05) is 19.6 Å².